The molecule has 82 valence electrons. The van der Waals surface area contributed by atoms with E-state index in [1.54, 1.807) is 17.0 Å². The maximum atomic E-state index is 13.3. The summed E-state index contributed by atoms with van der Waals surface area (Å²) >= 11 is 3.26. The van der Waals surface area contributed by atoms with Crippen LogP contribution in [0.3, 0.4) is 0 Å². The molecule has 0 aromatic heterocycles. The summed E-state index contributed by atoms with van der Waals surface area (Å²) in [6, 6.07) is 6.05. The Kier molecular flexibility index (Phi) is 4.75. The number of amides is 1. The number of benzene rings is 1. The highest BCUT2D eigenvalue weighted by molar-refractivity contribution is 9.09. The molecule has 0 bridgehead atoms. The van der Waals surface area contributed by atoms with E-state index in [4.69, 9.17) is 0 Å². The highest BCUT2D eigenvalue weighted by Crippen LogP contribution is 2.10. The van der Waals surface area contributed by atoms with Crippen LogP contribution in [0.25, 0.3) is 0 Å². The zero-order chi connectivity index (χ0) is 11.3. The van der Waals surface area contributed by atoms with E-state index in [9.17, 15) is 9.18 Å². The lowest BCUT2D eigenvalue weighted by Crippen LogP contribution is -2.33. The SMILES string of the molecule is CCN(CCBr)C(=O)c1ccccc1F. The predicted molar refractivity (Wildman–Crippen MR) is 61.8 cm³/mol. The van der Waals surface area contributed by atoms with Crippen LogP contribution < -0.4 is 0 Å². The summed E-state index contributed by atoms with van der Waals surface area (Å²) in [5.41, 5.74) is 0.139. The van der Waals surface area contributed by atoms with Crippen molar-refractivity contribution in [2.45, 2.75) is 6.92 Å². The minimum absolute atomic E-state index is 0.139. The monoisotopic (exact) mass is 273 g/mol. The van der Waals surface area contributed by atoms with Crippen LogP contribution in [0.5, 0.6) is 0 Å². The van der Waals surface area contributed by atoms with Gasteiger partial charge in [0.15, 0.2) is 0 Å². The zero-order valence-electron chi connectivity index (χ0n) is 8.54. The summed E-state index contributed by atoms with van der Waals surface area (Å²) in [5.74, 6) is -0.717. The Balaban J connectivity index is 2.88. The minimum Gasteiger partial charge on any atom is -0.338 e. The van der Waals surface area contributed by atoms with Crippen molar-refractivity contribution >= 4 is 21.8 Å². The molecule has 1 amide bonds. The van der Waals surface area contributed by atoms with Crippen molar-refractivity contribution in [1.82, 2.24) is 4.90 Å². The first-order chi connectivity index (χ1) is 7.20. The third kappa shape index (κ3) is 3.02. The quantitative estimate of drug-likeness (QED) is 0.773. The van der Waals surface area contributed by atoms with Gasteiger partial charge in [-0.1, -0.05) is 28.1 Å². The van der Waals surface area contributed by atoms with E-state index in [1.807, 2.05) is 6.92 Å². The van der Waals surface area contributed by atoms with Crippen molar-refractivity contribution in [3.8, 4) is 0 Å². The molecule has 0 saturated heterocycles. The van der Waals surface area contributed by atoms with Crippen molar-refractivity contribution < 1.29 is 9.18 Å². The highest BCUT2D eigenvalue weighted by Gasteiger charge is 2.16. The van der Waals surface area contributed by atoms with Gasteiger partial charge in [0, 0.05) is 18.4 Å². The molecule has 0 spiro atoms. The lowest BCUT2D eigenvalue weighted by Gasteiger charge is -2.19. The lowest BCUT2D eigenvalue weighted by molar-refractivity contribution is 0.0770. The molecule has 0 saturated carbocycles. The van der Waals surface area contributed by atoms with Crippen molar-refractivity contribution in [2.75, 3.05) is 18.4 Å². The molecule has 0 unspecified atom stereocenters. The average Bonchev–Trinajstić information content (AvgIpc) is 2.25. The Labute approximate surface area is 97.2 Å². The third-order valence-electron chi connectivity index (χ3n) is 2.13. The fraction of sp³-hybridized carbons (Fsp3) is 0.364. The second-order valence-electron chi connectivity index (χ2n) is 3.05. The van der Waals surface area contributed by atoms with Crippen molar-refractivity contribution in [2.24, 2.45) is 0 Å². The number of halogens is 2. The predicted octanol–water partition coefficient (Wildman–Crippen LogP) is 2.68. The fourth-order valence-corrected chi connectivity index (χ4v) is 1.74. The first-order valence-corrected chi connectivity index (χ1v) is 5.92. The first kappa shape index (κ1) is 12.2. The number of alkyl halides is 1. The van der Waals surface area contributed by atoms with E-state index >= 15 is 0 Å². The molecule has 0 radical (unpaired) electrons. The molecular weight excluding hydrogens is 261 g/mol. The van der Waals surface area contributed by atoms with Crippen molar-refractivity contribution in [1.29, 1.82) is 0 Å². The van der Waals surface area contributed by atoms with Gasteiger partial charge in [-0.25, -0.2) is 4.39 Å². The topological polar surface area (TPSA) is 20.3 Å². The fourth-order valence-electron chi connectivity index (χ4n) is 1.31. The Morgan fingerprint density at radius 3 is 2.67 bits per heavy atom. The highest BCUT2D eigenvalue weighted by atomic mass is 79.9. The number of hydrogen-bond acceptors (Lipinski definition) is 1. The molecule has 0 aliphatic carbocycles. The van der Waals surface area contributed by atoms with Crippen molar-refractivity contribution in [3.05, 3.63) is 35.6 Å². The van der Waals surface area contributed by atoms with E-state index < -0.39 is 5.82 Å². The summed E-state index contributed by atoms with van der Waals surface area (Å²) in [5, 5.41) is 0.695. The summed E-state index contributed by atoms with van der Waals surface area (Å²) in [4.78, 5) is 13.5. The molecule has 0 fully saturated rings. The van der Waals surface area contributed by atoms with Gasteiger partial charge in [0.2, 0.25) is 0 Å². The number of nitrogens with zero attached hydrogens (tertiary/aromatic N) is 1. The van der Waals surface area contributed by atoms with E-state index in [1.165, 1.54) is 12.1 Å². The zero-order valence-corrected chi connectivity index (χ0v) is 10.1. The molecule has 0 N–H and O–H groups in total. The van der Waals surface area contributed by atoms with Crippen LogP contribution in [0.1, 0.15) is 17.3 Å². The van der Waals surface area contributed by atoms with Gasteiger partial charge in [0.25, 0.3) is 5.91 Å². The summed E-state index contributed by atoms with van der Waals surface area (Å²) in [6.45, 7) is 3.05. The molecule has 4 heteroatoms. The van der Waals surface area contributed by atoms with Gasteiger partial charge in [-0.2, -0.15) is 0 Å². The molecule has 1 aromatic carbocycles. The second-order valence-corrected chi connectivity index (χ2v) is 3.85. The summed E-state index contributed by atoms with van der Waals surface area (Å²) < 4.78 is 13.3. The van der Waals surface area contributed by atoms with Gasteiger partial charge in [0.05, 0.1) is 5.56 Å². The minimum atomic E-state index is -0.462. The molecule has 2 nitrogen and oxygen atoms in total. The Bertz CT molecular complexity index is 343. The molecule has 15 heavy (non-hydrogen) atoms. The second kappa shape index (κ2) is 5.85. The van der Waals surface area contributed by atoms with Gasteiger partial charge < -0.3 is 4.90 Å². The molecule has 1 rings (SSSR count). The Morgan fingerprint density at radius 2 is 2.13 bits per heavy atom. The number of hydrogen-bond donors (Lipinski definition) is 0. The van der Waals surface area contributed by atoms with Gasteiger partial charge in [-0.3, -0.25) is 4.79 Å². The van der Waals surface area contributed by atoms with Crippen LogP contribution in [0.15, 0.2) is 24.3 Å². The number of carbonyl (C=O) groups is 1. The Morgan fingerprint density at radius 1 is 1.47 bits per heavy atom. The molecular formula is C11H13BrFNO. The molecule has 0 aliphatic rings. The number of carbonyl (C=O) groups excluding carboxylic acids is 1. The van der Waals surface area contributed by atoms with Gasteiger partial charge >= 0.3 is 0 Å². The molecule has 1 aromatic rings. The van der Waals surface area contributed by atoms with Gasteiger partial charge in [-0.05, 0) is 19.1 Å². The normalized spacial score (nSPS) is 10.1. The van der Waals surface area contributed by atoms with Crippen LogP contribution in [-0.4, -0.2) is 29.2 Å². The van der Waals surface area contributed by atoms with E-state index in [-0.39, 0.29) is 11.5 Å². The first-order valence-electron chi connectivity index (χ1n) is 4.80. The van der Waals surface area contributed by atoms with Crippen LogP contribution in [0.4, 0.5) is 4.39 Å². The van der Waals surface area contributed by atoms with E-state index in [0.717, 1.165) is 0 Å². The van der Waals surface area contributed by atoms with Gasteiger partial charge in [-0.15, -0.1) is 0 Å². The van der Waals surface area contributed by atoms with E-state index in [0.29, 0.717) is 18.4 Å². The molecule has 0 heterocycles. The summed E-state index contributed by atoms with van der Waals surface area (Å²) in [6.07, 6.45) is 0. The van der Waals surface area contributed by atoms with Crippen LogP contribution in [0.2, 0.25) is 0 Å². The van der Waals surface area contributed by atoms with Crippen LogP contribution >= 0.6 is 15.9 Å². The van der Waals surface area contributed by atoms with Gasteiger partial charge in [0.1, 0.15) is 5.82 Å². The largest absolute Gasteiger partial charge is 0.338 e. The smallest absolute Gasteiger partial charge is 0.256 e. The average molecular weight is 274 g/mol. The molecule has 0 atom stereocenters. The Hall–Kier alpha value is -0.900. The van der Waals surface area contributed by atoms with Crippen LogP contribution in [0, 0.1) is 5.82 Å². The van der Waals surface area contributed by atoms with Crippen LogP contribution in [-0.2, 0) is 0 Å². The summed E-state index contributed by atoms with van der Waals surface area (Å²) in [7, 11) is 0. The standard InChI is InChI=1S/C11H13BrFNO/c1-2-14(8-7-12)11(15)9-5-3-4-6-10(9)13/h3-6H,2,7-8H2,1H3. The number of rotatable bonds is 4. The maximum absolute atomic E-state index is 13.3. The van der Waals surface area contributed by atoms with E-state index in [2.05, 4.69) is 15.9 Å². The van der Waals surface area contributed by atoms with Crippen molar-refractivity contribution in [3.63, 3.8) is 0 Å². The molecule has 0 aliphatic heterocycles. The lowest BCUT2D eigenvalue weighted by atomic mass is 10.2. The third-order valence-corrected chi connectivity index (χ3v) is 2.48. The maximum Gasteiger partial charge on any atom is 0.256 e.